The zero-order chi connectivity index (χ0) is 26.3. The van der Waals surface area contributed by atoms with Crippen molar-refractivity contribution in [3.63, 3.8) is 0 Å². The molecule has 0 saturated heterocycles. The Bertz CT molecular complexity index is 1160. The topological polar surface area (TPSA) is 96.0 Å². The van der Waals surface area contributed by atoms with Crippen LogP contribution in [0.2, 0.25) is 10.0 Å². The number of hydrogen-bond donors (Lipinski definition) is 1. The van der Waals surface area contributed by atoms with Crippen molar-refractivity contribution in [3.8, 4) is 5.75 Å². The molecular formula is C24H31Cl2N3O5S. The normalized spacial score (nSPS) is 12.2. The molecule has 0 fully saturated rings. The first kappa shape index (κ1) is 28.7. The maximum Gasteiger partial charge on any atom is 0.244 e. The smallest absolute Gasteiger partial charge is 0.244 e. The van der Waals surface area contributed by atoms with Gasteiger partial charge < -0.3 is 15.0 Å². The van der Waals surface area contributed by atoms with E-state index in [0.717, 1.165) is 10.6 Å². The van der Waals surface area contributed by atoms with Crippen molar-refractivity contribution in [2.45, 2.75) is 45.8 Å². The van der Waals surface area contributed by atoms with Gasteiger partial charge >= 0.3 is 0 Å². The fourth-order valence-electron chi connectivity index (χ4n) is 3.51. The molecule has 11 heteroatoms. The second-order valence-electron chi connectivity index (χ2n) is 8.33. The zero-order valence-electron chi connectivity index (χ0n) is 20.4. The standard InChI is InChI=1S/C24H31Cl2N3O5S/c1-6-22(24(31)27-16(2)3)28(14-17-10-11-20(25)21(26)12-17)23(30)15-29(35(5,32)33)18-8-7-9-19(13-18)34-4/h7-13,16,22H,6,14-15H2,1-5H3,(H,27,31)/t22-/m0/s1. The summed E-state index contributed by atoms with van der Waals surface area (Å²) in [5.74, 6) is -0.433. The Hall–Kier alpha value is -2.49. The quantitative estimate of drug-likeness (QED) is 0.460. The molecule has 8 nitrogen and oxygen atoms in total. The van der Waals surface area contributed by atoms with Gasteiger partial charge in [-0.25, -0.2) is 8.42 Å². The first-order valence-electron chi connectivity index (χ1n) is 11.0. The van der Waals surface area contributed by atoms with E-state index in [1.165, 1.54) is 18.1 Å². The van der Waals surface area contributed by atoms with Crippen molar-refractivity contribution in [3.05, 3.63) is 58.1 Å². The Balaban J connectivity index is 2.47. The van der Waals surface area contributed by atoms with Gasteiger partial charge in [0.05, 0.1) is 29.1 Å². The van der Waals surface area contributed by atoms with Gasteiger partial charge in [0.25, 0.3) is 0 Å². The van der Waals surface area contributed by atoms with Crippen LogP contribution < -0.4 is 14.4 Å². The number of carbonyl (C=O) groups is 2. The van der Waals surface area contributed by atoms with Crippen molar-refractivity contribution >= 4 is 50.7 Å². The van der Waals surface area contributed by atoms with Gasteiger partial charge in [0.1, 0.15) is 18.3 Å². The number of sulfonamides is 1. The van der Waals surface area contributed by atoms with Crippen LogP contribution in [0, 0.1) is 0 Å². The highest BCUT2D eigenvalue weighted by molar-refractivity contribution is 7.92. The molecule has 35 heavy (non-hydrogen) atoms. The molecule has 0 aliphatic heterocycles. The van der Waals surface area contributed by atoms with Crippen molar-refractivity contribution < 1.29 is 22.7 Å². The Kier molecular flexibility index (Phi) is 10.2. The Morgan fingerprint density at radius 1 is 1.09 bits per heavy atom. The first-order chi connectivity index (χ1) is 16.4. The van der Waals surface area contributed by atoms with Gasteiger partial charge in [0.2, 0.25) is 21.8 Å². The van der Waals surface area contributed by atoms with Crippen LogP contribution in [0.25, 0.3) is 0 Å². The maximum absolute atomic E-state index is 13.6. The Morgan fingerprint density at radius 3 is 2.31 bits per heavy atom. The van der Waals surface area contributed by atoms with Gasteiger partial charge in [0, 0.05) is 18.7 Å². The average molecular weight is 545 g/mol. The number of hydrogen-bond acceptors (Lipinski definition) is 5. The number of carbonyl (C=O) groups excluding carboxylic acids is 2. The molecule has 0 radical (unpaired) electrons. The van der Waals surface area contributed by atoms with Crippen molar-refractivity contribution in [1.29, 1.82) is 0 Å². The van der Waals surface area contributed by atoms with Gasteiger partial charge in [-0.3, -0.25) is 13.9 Å². The number of rotatable bonds is 11. The first-order valence-corrected chi connectivity index (χ1v) is 13.6. The monoisotopic (exact) mass is 543 g/mol. The van der Waals surface area contributed by atoms with Crippen LogP contribution >= 0.6 is 23.2 Å². The van der Waals surface area contributed by atoms with Crippen LogP contribution in [-0.2, 0) is 26.2 Å². The van der Waals surface area contributed by atoms with Crippen molar-refractivity contribution in [2.24, 2.45) is 0 Å². The maximum atomic E-state index is 13.6. The summed E-state index contributed by atoms with van der Waals surface area (Å²) in [7, 11) is -2.37. The lowest BCUT2D eigenvalue weighted by Gasteiger charge is -2.33. The fourth-order valence-corrected chi connectivity index (χ4v) is 4.68. The number of anilines is 1. The van der Waals surface area contributed by atoms with Crippen LogP contribution in [-0.4, -0.2) is 57.1 Å². The summed E-state index contributed by atoms with van der Waals surface area (Å²) in [5.41, 5.74) is 0.921. The van der Waals surface area contributed by atoms with E-state index < -0.39 is 28.5 Å². The lowest BCUT2D eigenvalue weighted by molar-refractivity contribution is -0.140. The van der Waals surface area contributed by atoms with Gasteiger partial charge in [-0.05, 0) is 50.1 Å². The summed E-state index contributed by atoms with van der Waals surface area (Å²) in [6.45, 7) is 4.97. The van der Waals surface area contributed by atoms with Crippen LogP contribution in [0.3, 0.4) is 0 Å². The largest absolute Gasteiger partial charge is 0.497 e. The molecule has 1 N–H and O–H groups in total. The van der Waals surface area contributed by atoms with Crippen molar-refractivity contribution in [1.82, 2.24) is 10.2 Å². The molecule has 0 saturated carbocycles. The number of amides is 2. The summed E-state index contributed by atoms with van der Waals surface area (Å²) >= 11 is 12.2. The average Bonchev–Trinajstić information content (AvgIpc) is 2.78. The Labute approximate surface area is 217 Å². The van der Waals surface area contributed by atoms with E-state index in [0.29, 0.717) is 27.8 Å². The highest BCUT2D eigenvalue weighted by atomic mass is 35.5. The molecule has 2 rings (SSSR count). The minimum Gasteiger partial charge on any atom is -0.497 e. The molecule has 1 atom stereocenters. The molecule has 0 heterocycles. The lowest BCUT2D eigenvalue weighted by Crippen LogP contribution is -2.53. The SMILES string of the molecule is CC[C@@H](C(=O)NC(C)C)N(Cc1ccc(Cl)c(Cl)c1)C(=O)CN(c1cccc(OC)c1)S(C)(=O)=O. The van der Waals surface area contributed by atoms with Gasteiger partial charge in [-0.1, -0.05) is 42.3 Å². The van der Waals surface area contributed by atoms with Crippen LogP contribution in [0.5, 0.6) is 5.75 Å². The van der Waals surface area contributed by atoms with E-state index in [1.54, 1.807) is 43.3 Å². The molecule has 0 bridgehead atoms. The Morgan fingerprint density at radius 2 is 1.77 bits per heavy atom. The molecule has 2 amide bonds. The van der Waals surface area contributed by atoms with E-state index in [9.17, 15) is 18.0 Å². The highest BCUT2D eigenvalue weighted by Crippen LogP contribution is 2.26. The number of methoxy groups -OCH3 is 1. The molecule has 0 aromatic heterocycles. The van der Waals surface area contributed by atoms with E-state index >= 15 is 0 Å². The molecule has 0 spiro atoms. The molecule has 192 valence electrons. The van der Waals surface area contributed by atoms with Crippen LogP contribution in [0.4, 0.5) is 5.69 Å². The van der Waals surface area contributed by atoms with E-state index in [-0.39, 0.29) is 24.2 Å². The molecule has 0 aliphatic carbocycles. The van der Waals surface area contributed by atoms with Gasteiger partial charge in [0.15, 0.2) is 0 Å². The summed E-state index contributed by atoms with van der Waals surface area (Å²) in [5, 5.41) is 3.51. The van der Waals surface area contributed by atoms with Crippen molar-refractivity contribution in [2.75, 3.05) is 24.2 Å². The second kappa shape index (κ2) is 12.5. The molecule has 0 unspecified atom stereocenters. The number of benzene rings is 2. The number of nitrogens with one attached hydrogen (secondary N) is 1. The summed E-state index contributed by atoms with van der Waals surface area (Å²) < 4.78 is 31.5. The fraction of sp³-hybridized carbons (Fsp3) is 0.417. The lowest BCUT2D eigenvalue weighted by atomic mass is 10.1. The second-order valence-corrected chi connectivity index (χ2v) is 11.0. The zero-order valence-corrected chi connectivity index (χ0v) is 22.7. The number of halogens is 2. The van der Waals surface area contributed by atoms with E-state index in [1.807, 2.05) is 13.8 Å². The minimum absolute atomic E-state index is 0.0372. The number of nitrogens with zero attached hydrogens (tertiary/aromatic N) is 2. The third-order valence-corrected chi connectivity index (χ3v) is 7.05. The van der Waals surface area contributed by atoms with Gasteiger partial charge in [-0.15, -0.1) is 0 Å². The molecule has 2 aromatic rings. The summed E-state index contributed by atoms with van der Waals surface area (Å²) in [6.07, 6.45) is 1.34. The summed E-state index contributed by atoms with van der Waals surface area (Å²) in [4.78, 5) is 28.0. The predicted octanol–water partition coefficient (Wildman–Crippen LogP) is 4.10. The highest BCUT2D eigenvalue weighted by Gasteiger charge is 2.32. The number of ether oxygens (including phenoxy) is 1. The molecule has 2 aromatic carbocycles. The van der Waals surface area contributed by atoms with Crippen LogP contribution in [0.15, 0.2) is 42.5 Å². The minimum atomic E-state index is -3.84. The third-order valence-electron chi connectivity index (χ3n) is 5.17. The summed E-state index contributed by atoms with van der Waals surface area (Å²) in [6, 6.07) is 10.4. The molecule has 0 aliphatic rings. The molecular weight excluding hydrogens is 513 g/mol. The van der Waals surface area contributed by atoms with Gasteiger partial charge in [-0.2, -0.15) is 0 Å². The van der Waals surface area contributed by atoms with E-state index in [4.69, 9.17) is 27.9 Å². The third kappa shape index (κ3) is 8.02. The predicted molar refractivity (Wildman–Crippen MR) is 140 cm³/mol. The van der Waals surface area contributed by atoms with E-state index in [2.05, 4.69) is 5.32 Å². The van der Waals surface area contributed by atoms with Crippen LogP contribution in [0.1, 0.15) is 32.8 Å².